The summed E-state index contributed by atoms with van der Waals surface area (Å²) in [6, 6.07) is 4.43. The number of ether oxygens (including phenoxy) is 1. The van der Waals surface area contributed by atoms with Crippen LogP contribution in [0.4, 0.5) is 4.39 Å². The van der Waals surface area contributed by atoms with Gasteiger partial charge in [-0.2, -0.15) is 0 Å². The number of rotatable bonds is 11. The molecule has 1 aromatic heterocycles. The Kier molecular flexibility index (Phi) is 8.96. The fourth-order valence-corrected chi connectivity index (χ4v) is 3.77. The Morgan fingerprint density at radius 1 is 1.25 bits per heavy atom. The molecular formula is C25H29FN4O6. The molecule has 0 spiro atoms. The summed E-state index contributed by atoms with van der Waals surface area (Å²) in [5.74, 6) is -1.70. The number of carbonyl (C=O) groups is 3. The quantitative estimate of drug-likeness (QED) is 0.275. The van der Waals surface area contributed by atoms with Crippen molar-refractivity contribution < 1.29 is 28.6 Å². The highest BCUT2D eigenvalue weighted by atomic mass is 19.1. The number of nitrogens with one attached hydrogen (secondary N) is 1. The van der Waals surface area contributed by atoms with Crippen LogP contribution in [-0.4, -0.2) is 60.2 Å². The molecule has 1 aliphatic rings. The van der Waals surface area contributed by atoms with Gasteiger partial charge in [0.15, 0.2) is 17.7 Å². The second-order valence-corrected chi connectivity index (χ2v) is 8.29. The van der Waals surface area contributed by atoms with Gasteiger partial charge >= 0.3 is 0 Å². The third-order valence-electron chi connectivity index (χ3n) is 5.63. The lowest BCUT2D eigenvalue weighted by Crippen LogP contribution is -2.55. The monoisotopic (exact) mass is 500 g/mol. The molecule has 192 valence electrons. The van der Waals surface area contributed by atoms with Crippen molar-refractivity contribution in [2.24, 2.45) is 0 Å². The van der Waals surface area contributed by atoms with Gasteiger partial charge in [0.05, 0.1) is 12.2 Å². The molecule has 2 aromatic rings. The van der Waals surface area contributed by atoms with E-state index < -0.39 is 17.1 Å². The standard InChI is InChI=1S/C25H29FN4O6/c1-27-13-17-9-10-19(26)12-20(17)36-11-7-5-3-4-6-8-21(32)30-16-28(2)25(35)22-24(34)23(33)18(15-31)14-29(22)30/h3,5,9-10,12,14-15,27,34H,4,6-8,11,13,16H2,1-2H3/b5-3+. The maximum absolute atomic E-state index is 13.5. The van der Waals surface area contributed by atoms with Crippen LogP contribution in [0.15, 0.2) is 41.3 Å². The average molecular weight is 501 g/mol. The SMILES string of the molecule is CNCc1ccc(F)cc1OCC/C=C/CCCC(=O)N1CN(C)C(=O)c2c(O)c(=O)c(C=O)cn21. The number of benzene rings is 1. The minimum Gasteiger partial charge on any atom is -0.502 e. The molecule has 2 heterocycles. The highest BCUT2D eigenvalue weighted by Crippen LogP contribution is 2.21. The number of allylic oxidation sites excluding steroid dienone is 1. The van der Waals surface area contributed by atoms with Gasteiger partial charge in [-0.05, 0) is 32.4 Å². The summed E-state index contributed by atoms with van der Waals surface area (Å²) in [5, 5.41) is 14.4. The molecule has 0 saturated carbocycles. The van der Waals surface area contributed by atoms with Crippen LogP contribution in [0.3, 0.4) is 0 Å². The van der Waals surface area contributed by atoms with E-state index in [1.807, 2.05) is 12.2 Å². The van der Waals surface area contributed by atoms with Gasteiger partial charge in [-0.15, -0.1) is 0 Å². The molecule has 1 aliphatic heterocycles. The predicted octanol–water partition coefficient (Wildman–Crippen LogP) is 1.93. The minimum atomic E-state index is -0.961. The van der Waals surface area contributed by atoms with Crippen molar-refractivity contribution in [3.05, 3.63) is 69.4 Å². The molecule has 3 rings (SSSR count). The number of aromatic hydroxyl groups is 1. The van der Waals surface area contributed by atoms with Gasteiger partial charge in [0.1, 0.15) is 18.2 Å². The number of unbranched alkanes of at least 4 members (excludes halogenated alkanes) is 1. The maximum atomic E-state index is 13.5. The first-order valence-electron chi connectivity index (χ1n) is 11.5. The lowest BCUT2D eigenvalue weighted by molar-refractivity contribution is -0.120. The Balaban J connectivity index is 1.52. The Morgan fingerprint density at radius 3 is 2.72 bits per heavy atom. The van der Waals surface area contributed by atoms with E-state index in [1.54, 1.807) is 13.1 Å². The number of amides is 2. The fraction of sp³-hybridized carbons (Fsp3) is 0.360. The van der Waals surface area contributed by atoms with Crippen LogP contribution >= 0.6 is 0 Å². The molecule has 1 aromatic carbocycles. The second-order valence-electron chi connectivity index (χ2n) is 8.29. The molecule has 0 saturated heterocycles. The first-order chi connectivity index (χ1) is 17.3. The molecule has 0 radical (unpaired) electrons. The highest BCUT2D eigenvalue weighted by Gasteiger charge is 2.33. The Morgan fingerprint density at radius 2 is 2.00 bits per heavy atom. The van der Waals surface area contributed by atoms with Gasteiger partial charge in [-0.1, -0.05) is 18.2 Å². The van der Waals surface area contributed by atoms with Gasteiger partial charge in [0.2, 0.25) is 11.3 Å². The molecule has 0 bridgehead atoms. The Bertz CT molecular complexity index is 1230. The highest BCUT2D eigenvalue weighted by molar-refractivity contribution is 5.99. The summed E-state index contributed by atoms with van der Waals surface area (Å²) in [6.45, 7) is 0.854. The number of nitrogens with zero attached hydrogens (tertiary/aromatic N) is 3. The summed E-state index contributed by atoms with van der Waals surface area (Å²) < 4.78 is 20.3. The second kappa shape index (κ2) is 12.1. The van der Waals surface area contributed by atoms with Gasteiger partial charge in [0.25, 0.3) is 5.91 Å². The van der Waals surface area contributed by atoms with Crippen LogP contribution < -0.4 is 20.5 Å². The van der Waals surface area contributed by atoms with Crippen LogP contribution in [0.5, 0.6) is 11.5 Å². The topological polar surface area (TPSA) is 121 Å². The van der Waals surface area contributed by atoms with E-state index in [2.05, 4.69) is 5.32 Å². The van der Waals surface area contributed by atoms with E-state index in [9.17, 15) is 28.7 Å². The third kappa shape index (κ3) is 5.98. The van der Waals surface area contributed by atoms with E-state index in [0.29, 0.717) is 38.2 Å². The molecule has 2 amide bonds. The molecule has 10 nitrogen and oxygen atoms in total. The largest absolute Gasteiger partial charge is 0.502 e. The van der Waals surface area contributed by atoms with Crippen LogP contribution in [-0.2, 0) is 11.3 Å². The van der Waals surface area contributed by atoms with Gasteiger partial charge in [-0.25, -0.2) is 14.1 Å². The molecule has 11 heteroatoms. The smallest absolute Gasteiger partial charge is 0.277 e. The minimum absolute atomic E-state index is 0.0892. The number of carbonyl (C=O) groups excluding carboxylic acids is 3. The number of fused-ring (bicyclic) bond motifs is 1. The van der Waals surface area contributed by atoms with Crippen molar-refractivity contribution in [1.82, 2.24) is 14.9 Å². The van der Waals surface area contributed by atoms with Crippen molar-refractivity contribution in [3.63, 3.8) is 0 Å². The predicted molar refractivity (Wildman–Crippen MR) is 130 cm³/mol. The summed E-state index contributed by atoms with van der Waals surface area (Å²) in [5.41, 5.74) is -0.806. The van der Waals surface area contributed by atoms with E-state index in [0.717, 1.165) is 16.4 Å². The van der Waals surface area contributed by atoms with Gasteiger partial charge in [0, 0.05) is 37.8 Å². The first kappa shape index (κ1) is 26.6. The summed E-state index contributed by atoms with van der Waals surface area (Å²) in [7, 11) is 3.25. The summed E-state index contributed by atoms with van der Waals surface area (Å²) >= 11 is 0. The molecule has 2 N–H and O–H groups in total. The number of hydrogen-bond acceptors (Lipinski definition) is 7. The lowest BCUT2D eigenvalue weighted by Gasteiger charge is -2.36. The normalized spacial score (nSPS) is 13.2. The zero-order valence-electron chi connectivity index (χ0n) is 20.2. The lowest BCUT2D eigenvalue weighted by atomic mass is 10.2. The molecule has 0 fully saturated rings. The van der Waals surface area contributed by atoms with E-state index in [-0.39, 0.29) is 42.4 Å². The van der Waals surface area contributed by atoms with Crippen LogP contribution in [0, 0.1) is 5.82 Å². The van der Waals surface area contributed by atoms with Gasteiger partial charge < -0.3 is 20.1 Å². The van der Waals surface area contributed by atoms with Crippen LogP contribution in [0.1, 0.15) is 52.1 Å². The van der Waals surface area contributed by atoms with E-state index >= 15 is 0 Å². The molecule has 0 unspecified atom stereocenters. The van der Waals surface area contributed by atoms with E-state index in [1.165, 1.54) is 29.1 Å². The van der Waals surface area contributed by atoms with Crippen molar-refractivity contribution in [2.75, 3.05) is 32.4 Å². The van der Waals surface area contributed by atoms with Crippen LogP contribution in [0.25, 0.3) is 0 Å². The summed E-state index contributed by atoms with van der Waals surface area (Å²) in [6.07, 6.45) is 7.08. The number of aldehydes is 1. The number of pyridine rings is 1. The molecule has 0 aliphatic carbocycles. The Labute approximate surface area is 207 Å². The van der Waals surface area contributed by atoms with Crippen molar-refractivity contribution in [2.45, 2.75) is 32.2 Å². The van der Waals surface area contributed by atoms with E-state index in [4.69, 9.17) is 4.74 Å². The van der Waals surface area contributed by atoms with Crippen LogP contribution in [0.2, 0.25) is 0 Å². The van der Waals surface area contributed by atoms with Gasteiger partial charge in [-0.3, -0.25) is 19.2 Å². The molecular weight excluding hydrogens is 471 g/mol. The van der Waals surface area contributed by atoms with Crippen molar-refractivity contribution in [1.29, 1.82) is 0 Å². The molecule has 36 heavy (non-hydrogen) atoms. The third-order valence-corrected chi connectivity index (χ3v) is 5.63. The number of halogens is 1. The Hall–Kier alpha value is -3.99. The van der Waals surface area contributed by atoms with Crippen molar-refractivity contribution in [3.8, 4) is 11.5 Å². The number of hydrogen-bond donors (Lipinski definition) is 2. The molecule has 0 atom stereocenters. The number of aromatic nitrogens is 1. The average Bonchev–Trinajstić information content (AvgIpc) is 2.86. The zero-order chi connectivity index (χ0) is 26.2. The zero-order valence-corrected chi connectivity index (χ0v) is 20.2. The maximum Gasteiger partial charge on any atom is 0.277 e. The first-order valence-corrected chi connectivity index (χ1v) is 11.5. The fourth-order valence-electron chi connectivity index (χ4n) is 3.77. The summed E-state index contributed by atoms with van der Waals surface area (Å²) in [4.78, 5) is 49.7. The van der Waals surface area contributed by atoms with Crippen molar-refractivity contribution >= 4 is 18.1 Å².